The normalized spacial score (nSPS) is 22.8. The first-order valence-electron chi connectivity index (χ1n) is 6.63. The fourth-order valence-electron chi connectivity index (χ4n) is 2.49. The summed E-state index contributed by atoms with van der Waals surface area (Å²) in [6, 6.07) is 0.198. The third kappa shape index (κ3) is 4.64. The van der Waals surface area contributed by atoms with Crippen LogP contribution in [0.4, 0.5) is 0 Å². The predicted octanol–water partition coefficient (Wildman–Crippen LogP) is 0.962. The van der Waals surface area contributed by atoms with Crippen molar-refractivity contribution in [2.24, 2.45) is 11.1 Å². The second-order valence-electron chi connectivity index (χ2n) is 5.82. The molecule has 0 spiro atoms. The Bertz CT molecular complexity index is 253. The molecule has 4 nitrogen and oxygen atoms in total. The molecule has 1 amide bonds. The smallest absolute Gasteiger partial charge is 0.221 e. The van der Waals surface area contributed by atoms with Gasteiger partial charge in [0, 0.05) is 26.1 Å². The highest BCUT2D eigenvalue weighted by molar-refractivity contribution is 5.76. The number of nitrogens with two attached hydrogens (primary N) is 1. The summed E-state index contributed by atoms with van der Waals surface area (Å²) in [6.07, 6.45) is 4.18. The molecular weight excluding hydrogens is 214 g/mol. The van der Waals surface area contributed by atoms with Crippen LogP contribution in [0, 0.1) is 5.41 Å². The number of carbonyl (C=O) groups is 1. The van der Waals surface area contributed by atoms with Crippen LogP contribution in [0.1, 0.15) is 39.5 Å². The Hall–Kier alpha value is -0.610. The van der Waals surface area contributed by atoms with Crippen LogP contribution < -0.4 is 11.1 Å². The van der Waals surface area contributed by atoms with Gasteiger partial charge >= 0.3 is 0 Å². The molecule has 17 heavy (non-hydrogen) atoms. The van der Waals surface area contributed by atoms with Gasteiger partial charge < -0.3 is 11.1 Å². The minimum absolute atomic E-state index is 0.0870. The largest absolute Gasteiger partial charge is 0.359 e. The summed E-state index contributed by atoms with van der Waals surface area (Å²) >= 11 is 0. The van der Waals surface area contributed by atoms with Crippen molar-refractivity contribution in [2.75, 3.05) is 26.7 Å². The molecule has 100 valence electrons. The van der Waals surface area contributed by atoms with Gasteiger partial charge in [0.05, 0.1) is 0 Å². The molecule has 1 saturated heterocycles. The Morgan fingerprint density at radius 3 is 2.71 bits per heavy atom. The topological polar surface area (TPSA) is 58.4 Å². The zero-order valence-electron chi connectivity index (χ0n) is 11.5. The van der Waals surface area contributed by atoms with Crippen molar-refractivity contribution in [1.82, 2.24) is 10.2 Å². The van der Waals surface area contributed by atoms with E-state index in [1.807, 2.05) is 0 Å². The van der Waals surface area contributed by atoms with E-state index in [9.17, 15) is 4.79 Å². The maximum atomic E-state index is 11.4. The van der Waals surface area contributed by atoms with E-state index in [0.717, 1.165) is 13.1 Å². The van der Waals surface area contributed by atoms with E-state index in [0.29, 0.717) is 18.4 Å². The maximum absolute atomic E-state index is 11.4. The molecular formula is C13H27N3O. The second-order valence-corrected chi connectivity index (χ2v) is 5.82. The van der Waals surface area contributed by atoms with Crippen LogP contribution >= 0.6 is 0 Å². The first kappa shape index (κ1) is 14.5. The van der Waals surface area contributed by atoms with Gasteiger partial charge in [-0.05, 0) is 37.8 Å². The van der Waals surface area contributed by atoms with Crippen LogP contribution in [0.25, 0.3) is 0 Å². The monoisotopic (exact) mass is 241 g/mol. The van der Waals surface area contributed by atoms with Gasteiger partial charge in [0.2, 0.25) is 5.91 Å². The first-order valence-corrected chi connectivity index (χ1v) is 6.63. The standard InChI is InChI=1S/C13H27N3O/c1-13(2)5-4-7-16(8-6-13)11(10-14)9-12(17)15-3/h11H,4-10,14H2,1-3H3,(H,15,17). The molecule has 0 bridgehead atoms. The van der Waals surface area contributed by atoms with Crippen LogP contribution in [0.3, 0.4) is 0 Å². The first-order chi connectivity index (χ1) is 7.98. The van der Waals surface area contributed by atoms with Crippen molar-refractivity contribution in [3.05, 3.63) is 0 Å². The maximum Gasteiger partial charge on any atom is 0.221 e. The van der Waals surface area contributed by atoms with Gasteiger partial charge in [0.15, 0.2) is 0 Å². The molecule has 1 heterocycles. The fraction of sp³-hybridized carbons (Fsp3) is 0.923. The number of likely N-dealkylation sites (tertiary alicyclic amines) is 1. The summed E-state index contributed by atoms with van der Waals surface area (Å²) < 4.78 is 0. The van der Waals surface area contributed by atoms with E-state index in [2.05, 4.69) is 24.1 Å². The molecule has 1 aliphatic heterocycles. The average Bonchev–Trinajstić information content (AvgIpc) is 2.47. The highest BCUT2D eigenvalue weighted by Gasteiger charge is 2.27. The minimum atomic E-state index is 0.0870. The van der Waals surface area contributed by atoms with Gasteiger partial charge in [-0.3, -0.25) is 9.69 Å². The zero-order valence-corrected chi connectivity index (χ0v) is 11.5. The second kappa shape index (κ2) is 6.36. The molecule has 1 rings (SSSR count). The lowest BCUT2D eigenvalue weighted by molar-refractivity contribution is -0.121. The fourth-order valence-corrected chi connectivity index (χ4v) is 2.49. The van der Waals surface area contributed by atoms with E-state index in [4.69, 9.17) is 5.73 Å². The Morgan fingerprint density at radius 1 is 1.41 bits per heavy atom. The van der Waals surface area contributed by atoms with Gasteiger partial charge in [-0.1, -0.05) is 13.8 Å². The van der Waals surface area contributed by atoms with Crippen LogP contribution in [0.15, 0.2) is 0 Å². The van der Waals surface area contributed by atoms with E-state index >= 15 is 0 Å². The highest BCUT2D eigenvalue weighted by Crippen LogP contribution is 2.30. The van der Waals surface area contributed by atoms with Gasteiger partial charge in [-0.15, -0.1) is 0 Å². The van der Waals surface area contributed by atoms with Crippen molar-refractivity contribution in [2.45, 2.75) is 45.6 Å². The summed E-state index contributed by atoms with van der Waals surface area (Å²) in [6.45, 7) is 7.35. The minimum Gasteiger partial charge on any atom is -0.359 e. The summed E-state index contributed by atoms with van der Waals surface area (Å²) in [5.74, 6) is 0.0870. The van der Waals surface area contributed by atoms with Crippen LogP contribution in [-0.4, -0.2) is 43.5 Å². The molecule has 0 saturated carbocycles. The van der Waals surface area contributed by atoms with Crippen LogP contribution in [0.2, 0.25) is 0 Å². The quantitative estimate of drug-likeness (QED) is 0.771. The SMILES string of the molecule is CNC(=O)CC(CN)N1CCCC(C)(C)CC1. The Morgan fingerprint density at radius 2 is 2.12 bits per heavy atom. The number of hydrogen-bond acceptors (Lipinski definition) is 3. The van der Waals surface area contributed by atoms with Crippen molar-refractivity contribution >= 4 is 5.91 Å². The Balaban J connectivity index is 2.54. The molecule has 3 N–H and O–H groups in total. The summed E-state index contributed by atoms with van der Waals surface area (Å²) in [4.78, 5) is 13.8. The van der Waals surface area contributed by atoms with Crippen molar-refractivity contribution < 1.29 is 4.79 Å². The highest BCUT2D eigenvalue weighted by atomic mass is 16.1. The lowest BCUT2D eigenvalue weighted by Crippen LogP contribution is -2.44. The van der Waals surface area contributed by atoms with E-state index in [1.54, 1.807) is 7.05 Å². The molecule has 0 aromatic carbocycles. The third-order valence-corrected chi connectivity index (χ3v) is 3.86. The lowest BCUT2D eigenvalue weighted by atomic mass is 9.85. The number of hydrogen-bond donors (Lipinski definition) is 2. The predicted molar refractivity (Wildman–Crippen MR) is 70.7 cm³/mol. The molecule has 4 heteroatoms. The molecule has 1 fully saturated rings. The van der Waals surface area contributed by atoms with Gasteiger partial charge in [-0.2, -0.15) is 0 Å². The van der Waals surface area contributed by atoms with E-state index in [-0.39, 0.29) is 11.9 Å². The van der Waals surface area contributed by atoms with Crippen LogP contribution in [0.5, 0.6) is 0 Å². The average molecular weight is 241 g/mol. The number of rotatable bonds is 4. The molecule has 1 aliphatic rings. The molecule has 0 aromatic heterocycles. The van der Waals surface area contributed by atoms with E-state index in [1.165, 1.54) is 19.3 Å². The summed E-state index contributed by atoms with van der Waals surface area (Å²) in [5, 5.41) is 2.68. The van der Waals surface area contributed by atoms with Gasteiger partial charge in [0.1, 0.15) is 0 Å². The Labute approximate surface area is 105 Å². The molecule has 0 radical (unpaired) electrons. The molecule has 0 aromatic rings. The summed E-state index contributed by atoms with van der Waals surface area (Å²) in [7, 11) is 1.68. The van der Waals surface area contributed by atoms with Crippen molar-refractivity contribution in [1.29, 1.82) is 0 Å². The third-order valence-electron chi connectivity index (χ3n) is 3.86. The van der Waals surface area contributed by atoms with Gasteiger partial charge in [0.25, 0.3) is 0 Å². The Kier molecular flexibility index (Phi) is 5.40. The number of carbonyl (C=O) groups excluding carboxylic acids is 1. The zero-order chi connectivity index (χ0) is 12.9. The number of amides is 1. The lowest BCUT2D eigenvalue weighted by Gasteiger charge is -2.29. The number of nitrogens with one attached hydrogen (secondary N) is 1. The molecule has 0 aliphatic carbocycles. The number of nitrogens with zero attached hydrogens (tertiary/aromatic N) is 1. The summed E-state index contributed by atoms with van der Waals surface area (Å²) in [5.41, 5.74) is 6.24. The van der Waals surface area contributed by atoms with Gasteiger partial charge in [-0.25, -0.2) is 0 Å². The van der Waals surface area contributed by atoms with Crippen molar-refractivity contribution in [3.8, 4) is 0 Å². The molecule has 1 unspecified atom stereocenters. The van der Waals surface area contributed by atoms with Crippen molar-refractivity contribution in [3.63, 3.8) is 0 Å². The van der Waals surface area contributed by atoms with E-state index < -0.39 is 0 Å². The van der Waals surface area contributed by atoms with Crippen LogP contribution in [-0.2, 0) is 4.79 Å². The molecule has 1 atom stereocenters.